The summed E-state index contributed by atoms with van der Waals surface area (Å²) in [7, 11) is 1.68. The van der Waals surface area contributed by atoms with E-state index in [0.717, 1.165) is 12.8 Å². The van der Waals surface area contributed by atoms with Crippen LogP contribution >= 0.6 is 11.6 Å². The molecule has 1 amide bonds. The number of hydrogen-bond acceptors (Lipinski definition) is 4. The van der Waals surface area contributed by atoms with Crippen LogP contribution in [0.1, 0.15) is 60.8 Å². The van der Waals surface area contributed by atoms with Crippen LogP contribution in [0.5, 0.6) is 5.75 Å². The molecule has 1 atom stereocenters. The summed E-state index contributed by atoms with van der Waals surface area (Å²) in [5.41, 5.74) is -0.508. The molecular formula is C22H36ClNO4. The molecule has 0 aliphatic rings. The number of benzene rings is 1. The Balaban J connectivity index is 2.77. The van der Waals surface area contributed by atoms with Crippen LogP contribution < -0.4 is 10.1 Å². The van der Waals surface area contributed by atoms with Gasteiger partial charge in [0.1, 0.15) is 11.4 Å². The van der Waals surface area contributed by atoms with Crippen molar-refractivity contribution in [1.82, 2.24) is 0 Å². The average molecular weight is 414 g/mol. The van der Waals surface area contributed by atoms with Gasteiger partial charge in [0.05, 0.1) is 17.2 Å². The predicted molar refractivity (Wildman–Crippen MR) is 115 cm³/mol. The van der Waals surface area contributed by atoms with Crippen molar-refractivity contribution in [3.8, 4) is 5.75 Å². The number of carbonyl (C=O) groups excluding carboxylic acids is 1. The van der Waals surface area contributed by atoms with Crippen molar-refractivity contribution in [3.63, 3.8) is 0 Å². The molecule has 1 aromatic carbocycles. The highest BCUT2D eigenvalue weighted by atomic mass is 35.5. The minimum atomic E-state index is -0.877. The number of rotatable bonds is 12. The van der Waals surface area contributed by atoms with Gasteiger partial charge in [-0.3, -0.25) is 4.79 Å². The summed E-state index contributed by atoms with van der Waals surface area (Å²) < 4.78 is 17.0. The van der Waals surface area contributed by atoms with Crippen molar-refractivity contribution >= 4 is 23.2 Å². The lowest BCUT2D eigenvalue weighted by molar-refractivity contribution is -0.141. The van der Waals surface area contributed by atoms with Gasteiger partial charge in [-0.25, -0.2) is 0 Å². The molecule has 0 saturated heterocycles. The molecule has 0 bridgehead atoms. The third-order valence-electron chi connectivity index (χ3n) is 4.61. The van der Waals surface area contributed by atoms with Crippen LogP contribution in [-0.2, 0) is 14.3 Å². The van der Waals surface area contributed by atoms with Crippen molar-refractivity contribution < 1.29 is 19.0 Å². The molecule has 0 unspecified atom stereocenters. The van der Waals surface area contributed by atoms with E-state index in [1.54, 1.807) is 25.3 Å². The Kier molecular flexibility index (Phi) is 9.75. The third kappa shape index (κ3) is 7.98. The molecule has 0 fully saturated rings. The zero-order valence-corrected chi connectivity index (χ0v) is 19.1. The van der Waals surface area contributed by atoms with Gasteiger partial charge >= 0.3 is 0 Å². The van der Waals surface area contributed by atoms with E-state index in [1.165, 1.54) is 0 Å². The number of hydrogen-bond donors (Lipinski definition) is 1. The summed E-state index contributed by atoms with van der Waals surface area (Å²) in [6, 6.07) is 5.26. The standard InChI is InChI=1S/C22H36ClNO4/c1-8-12-28-22(6,15-16(2)3)20(25)24-17-9-10-19(18(23)14-17)27-13-11-21(4,5)26-7/h9-10,14,16H,8,11-13,15H2,1-7H3,(H,24,25)/t22-/m0/s1. The first-order valence-electron chi connectivity index (χ1n) is 9.96. The number of amides is 1. The van der Waals surface area contributed by atoms with E-state index >= 15 is 0 Å². The normalized spacial score (nSPS) is 14.0. The number of methoxy groups -OCH3 is 1. The second kappa shape index (κ2) is 11.0. The summed E-state index contributed by atoms with van der Waals surface area (Å²) in [5.74, 6) is 0.753. The maximum Gasteiger partial charge on any atom is 0.256 e. The lowest BCUT2D eigenvalue weighted by atomic mass is 9.93. The van der Waals surface area contributed by atoms with E-state index in [0.29, 0.717) is 42.0 Å². The fourth-order valence-corrected chi connectivity index (χ4v) is 3.03. The molecule has 0 saturated carbocycles. The molecule has 0 aliphatic heterocycles. The van der Waals surface area contributed by atoms with Crippen LogP contribution in [0.25, 0.3) is 0 Å². The van der Waals surface area contributed by atoms with E-state index in [2.05, 4.69) is 19.2 Å². The quantitative estimate of drug-likeness (QED) is 0.477. The van der Waals surface area contributed by atoms with Crippen molar-refractivity contribution in [2.24, 2.45) is 5.92 Å². The number of ether oxygens (including phenoxy) is 3. The van der Waals surface area contributed by atoms with Crippen molar-refractivity contribution in [2.75, 3.05) is 25.6 Å². The highest BCUT2D eigenvalue weighted by molar-refractivity contribution is 6.32. The van der Waals surface area contributed by atoms with Crippen LogP contribution in [0.4, 0.5) is 5.69 Å². The van der Waals surface area contributed by atoms with Gasteiger partial charge in [0.25, 0.3) is 5.91 Å². The van der Waals surface area contributed by atoms with E-state index in [9.17, 15) is 4.79 Å². The minimum absolute atomic E-state index is 0.166. The number of nitrogens with one attached hydrogen (secondary N) is 1. The highest BCUT2D eigenvalue weighted by Gasteiger charge is 2.35. The van der Waals surface area contributed by atoms with Crippen LogP contribution in [0.3, 0.4) is 0 Å². The number of halogens is 1. The number of carbonyl (C=O) groups is 1. The lowest BCUT2D eigenvalue weighted by Crippen LogP contribution is -2.44. The number of anilines is 1. The highest BCUT2D eigenvalue weighted by Crippen LogP contribution is 2.30. The maximum atomic E-state index is 12.9. The third-order valence-corrected chi connectivity index (χ3v) is 4.90. The van der Waals surface area contributed by atoms with Crippen molar-refractivity contribution in [1.29, 1.82) is 0 Å². The second-order valence-electron chi connectivity index (χ2n) is 8.34. The zero-order chi connectivity index (χ0) is 21.4. The van der Waals surface area contributed by atoms with Crippen molar-refractivity contribution in [3.05, 3.63) is 23.2 Å². The molecule has 0 spiro atoms. The van der Waals surface area contributed by atoms with E-state index in [-0.39, 0.29) is 11.5 Å². The molecule has 0 radical (unpaired) electrons. The second-order valence-corrected chi connectivity index (χ2v) is 8.75. The molecule has 0 aliphatic carbocycles. The minimum Gasteiger partial charge on any atom is -0.492 e. The molecule has 0 aromatic heterocycles. The molecule has 1 rings (SSSR count). The van der Waals surface area contributed by atoms with E-state index in [1.807, 2.05) is 27.7 Å². The molecule has 0 heterocycles. The maximum absolute atomic E-state index is 12.9. The molecule has 160 valence electrons. The fraction of sp³-hybridized carbons (Fsp3) is 0.682. The van der Waals surface area contributed by atoms with Gasteiger partial charge in [-0.1, -0.05) is 32.4 Å². The fourth-order valence-electron chi connectivity index (χ4n) is 2.79. The van der Waals surface area contributed by atoms with E-state index in [4.69, 9.17) is 25.8 Å². The Bertz CT molecular complexity index is 633. The Labute approximate surface area is 175 Å². The van der Waals surface area contributed by atoms with Crippen LogP contribution in [-0.4, -0.2) is 37.4 Å². The van der Waals surface area contributed by atoms with Gasteiger partial charge in [-0.2, -0.15) is 0 Å². The van der Waals surface area contributed by atoms with Gasteiger partial charge in [0.2, 0.25) is 0 Å². The Morgan fingerprint density at radius 2 is 1.89 bits per heavy atom. The zero-order valence-electron chi connectivity index (χ0n) is 18.4. The molecule has 28 heavy (non-hydrogen) atoms. The van der Waals surface area contributed by atoms with Crippen LogP contribution in [0, 0.1) is 5.92 Å². The molecule has 1 aromatic rings. The SMILES string of the molecule is CCCO[C@@](C)(CC(C)C)C(=O)Nc1ccc(OCCC(C)(C)OC)c(Cl)c1. The Hall–Kier alpha value is -1.30. The largest absolute Gasteiger partial charge is 0.492 e. The first-order valence-corrected chi connectivity index (χ1v) is 10.3. The summed E-state index contributed by atoms with van der Waals surface area (Å²) in [6.45, 7) is 13.1. The Morgan fingerprint density at radius 1 is 1.21 bits per heavy atom. The monoisotopic (exact) mass is 413 g/mol. The van der Waals surface area contributed by atoms with Gasteiger partial charge in [-0.05, 0) is 57.7 Å². The lowest BCUT2D eigenvalue weighted by Gasteiger charge is -2.30. The predicted octanol–water partition coefficient (Wildman–Crippen LogP) is 5.70. The van der Waals surface area contributed by atoms with Crippen molar-refractivity contribution in [2.45, 2.75) is 72.0 Å². The molecule has 1 N–H and O–H groups in total. The topological polar surface area (TPSA) is 56.8 Å². The van der Waals surface area contributed by atoms with E-state index < -0.39 is 5.60 Å². The first kappa shape index (κ1) is 24.7. The molecule has 6 heteroatoms. The summed E-state index contributed by atoms with van der Waals surface area (Å²) in [4.78, 5) is 12.9. The average Bonchev–Trinajstić information content (AvgIpc) is 2.61. The first-order chi connectivity index (χ1) is 13.0. The van der Waals surface area contributed by atoms with Gasteiger partial charge < -0.3 is 19.5 Å². The summed E-state index contributed by atoms with van der Waals surface area (Å²) in [5, 5.41) is 3.38. The molecule has 5 nitrogen and oxygen atoms in total. The van der Waals surface area contributed by atoms with Crippen LogP contribution in [0.2, 0.25) is 5.02 Å². The smallest absolute Gasteiger partial charge is 0.256 e. The van der Waals surface area contributed by atoms with Gasteiger partial charge in [-0.15, -0.1) is 0 Å². The van der Waals surface area contributed by atoms with Crippen LogP contribution in [0.15, 0.2) is 18.2 Å². The Morgan fingerprint density at radius 3 is 2.43 bits per heavy atom. The molecular weight excluding hydrogens is 378 g/mol. The summed E-state index contributed by atoms with van der Waals surface area (Å²) in [6.07, 6.45) is 2.24. The summed E-state index contributed by atoms with van der Waals surface area (Å²) >= 11 is 6.34. The van der Waals surface area contributed by atoms with Gasteiger partial charge in [0.15, 0.2) is 0 Å². The van der Waals surface area contributed by atoms with Gasteiger partial charge in [0, 0.05) is 25.8 Å².